The van der Waals surface area contributed by atoms with Crippen LogP contribution in [0.3, 0.4) is 0 Å². The van der Waals surface area contributed by atoms with Gasteiger partial charge < -0.3 is 5.32 Å². The normalized spacial score (nSPS) is 19.0. The van der Waals surface area contributed by atoms with Gasteiger partial charge in [-0.3, -0.25) is 14.5 Å². The number of aromatic nitrogens is 2. The van der Waals surface area contributed by atoms with Gasteiger partial charge in [-0.05, 0) is 43.3 Å². The molecule has 1 N–H and O–H groups in total. The molecule has 6 nitrogen and oxygen atoms in total. The molecule has 0 saturated heterocycles. The summed E-state index contributed by atoms with van der Waals surface area (Å²) in [6, 6.07) is 12.6. The van der Waals surface area contributed by atoms with Gasteiger partial charge >= 0.3 is 0 Å². The molecule has 5 rings (SSSR count). The molecular formula is C29H36N4O2S2. The second-order valence-electron chi connectivity index (χ2n) is 11.2. The van der Waals surface area contributed by atoms with Crippen molar-refractivity contribution in [3.05, 3.63) is 63.5 Å². The Kier molecular flexibility index (Phi) is 7.50. The number of rotatable bonds is 5. The molecule has 1 aromatic carbocycles. The summed E-state index contributed by atoms with van der Waals surface area (Å²) >= 11 is 3.34. The number of anilines is 1. The molecule has 1 aliphatic carbocycles. The largest absolute Gasteiger partial charge is 0.352 e. The van der Waals surface area contributed by atoms with Gasteiger partial charge in [0.05, 0.1) is 22.4 Å². The number of benzene rings is 1. The van der Waals surface area contributed by atoms with Crippen molar-refractivity contribution in [2.75, 3.05) is 17.2 Å². The summed E-state index contributed by atoms with van der Waals surface area (Å²) < 4.78 is 1.90. The van der Waals surface area contributed by atoms with E-state index < -0.39 is 0 Å². The van der Waals surface area contributed by atoms with Crippen molar-refractivity contribution in [2.45, 2.75) is 76.5 Å². The standard InChI is InChI=1S/C29H36N4O2S2/c1-19-12-14-21(15-13-19)33-28-25(27(31-33)29(2,3)4)26(22-11-8-16-36-22)37-18-24(35)32(28)17-23(34)30-20-9-6-5-7-10-20/h8,11-16,20,26H,5-7,9-10,17-18H2,1-4H3,(H,30,34). The van der Waals surface area contributed by atoms with E-state index in [1.165, 1.54) is 11.3 Å². The van der Waals surface area contributed by atoms with Gasteiger partial charge in [-0.15, -0.1) is 23.1 Å². The van der Waals surface area contributed by atoms with E-state index in [2.05, 4.69) is 62.7 Å². The van der Waals surface area contributed by atoms with Crippen LogP contribution in [0, 0.1) is 6.92 Å². The zero-order chi connectivity index (χ0) is 26.2. The topological polar surface area (TPSA) is 67.2 Å². The first kappa shape index (κ1) is 26.0. The molecule has 1 atom stereocenters. The van der Waals surface area contributed by atoms with Crippen LogP contribution < -0.4 is 10.2 Å². The van der Waals surface area contributed by atoms with Gasteiger partial charge in [-0.2, -0.15) is 5.10 Å². The van der Waals surface area contributed by atoms with E-state index in [4.69, 9.17) is 5.10 Å². The number of thiophene rings is 1. The highest BCUT2D eigenvalue weighted by Crippen LogP contribution is 2.49. The summed E-state index contributed by atoms with van der Waals surface area (Å²) in [5.74, 6) is 0.879. The van der Waals surface area contributed by atoms with Crippen LogP contribution in [-0.2, 0) is 15.0 Å². The summed E-state index contributed by atoms with van der Waals surface area (Å²) in [4.78, 5) is 29.9. The van der Waals surface area contributed by atoms with Gasteiger partial charge in [0.2, 0.25) is 11.8 Å². The second-order valence-corrected chi connectivity index (χ2v) is 13.2. The van der Waals surface area contributed by atoms with Crippen molar-refractivity contribution in [1.29, 1.82) is 0 Å². The minimum atomic E-state index is -0.250. The number of amides is 2. The number of nitrogens with zero attached hydrogens (tertiary/aromatic N) is 3. The van der Waals surface area contributed by atoms with Crippen LogP contribution in [0.1, 0.15) is 79.8 Å². The Labute approximate surface area is 227 Å². The van der Waals surface area contributed by atoms with E-state index >= 15 is 0 Å². The maximum Gasteiger partial charge on any atom is 0.240 e. The first-order valence-electron chi connectivity index (χ1n) is 13.2. The summed E-state index contributed by atoms with van der Waals surface area (Å²) in [5, 5.41) is 10.4. The van der Waals surface area contributed by atoms with Gasteiger partial charge in [0.25, 0.3) is 0 Å². The first-order valence-corrected chi connectivity index (χ1v) is 15.1. The van der Waals surface area contributed by atoms with Crippen molar-refractivity contribution >= 4 is 40.7 Å². The molecule has 2 amide bonds. The molecule has 1 aliphatic heterocycles. The highest BCUT2D eigenvalue weighted by molar-refractivity contribution is 8.00. The predicted molar refractivity (Wildman–Crippen MR) is 153 cm³/mol. The van der Waals surface area contributed by atoms with Crippen LogP contribution in [0.2, 0.25) is 0 Å². The smallest absolute Gasteiger partial charge is 0.240 e. The fraction of sp³-hybridized carbons (Fsp3) is 0.483. The van der Waals surface area contributed by atoms with E-state index in [-0.39, 0.29) is 35.1 Å². The molecule has 2 aliphatic rings. The predicted octanol–water partition coefficient (Wildman–Crippen LogP) is 6.16. The highest BCUT2D eigenvalue weighted by atomic mass is 32.2. The van der Waals surface area contributed by atoms with E-state index in [1.807, 2.05) is 16.8 Å². The first-order chi connectivity index (χ1) is 17.7. The fourth-order valence-corrected chi connectivity index (χ4v) is 7.44. The molecule has 8 heteroatoms. The average Bonchev–Trinajstić information content (AvgIpc) is 3.50. The number of hydrogen-bond donors (Lipinski definition) is 1. The minimum absolute atomic E-state index is 0.00118. The van der Waals surface area contributed by atoms with Crippen LogP contribution in [-0.4, -0.2) is 39.9 Å². The lowest BCUT2D eigenvalue weighted by Gasteiger charge is -2.26. The van der Waals surface area contributed by atoms with Gasteiger partial charge in [0, 0.05) is 21.9 Å². The lowest BCUT2D eigenvalue weighted by atomic mass is 9.88. The Morgan fingerprint density at radius 2 is 1.84 bits per heavy atom. The number of thioether (sulfide) groups is 1. The quantitative estimate of drug-likeness (QED) is 0.424. The number of hydrogen-bond acceptors (Lipinski definition) is 5. The monoisotopic (exact) mass is 536 g/mol. The number of carbonyl (C=O) groups excluding carboxylic acids is 2. The zero-order valence-electron chi connectivity index (χ0n) is 22.1. The van der Waals surface area contributed by atoms with Crippen LogP contribution in [0.4, 0.5) is 5.82 Å². The molecule has 1 fully saturated rings. The SMILES string of the molecule is Cc1ccc(-n2nc(C(C)(C)C)c3c2N(CC(=O)NC2CCCCC2)C(=O)CSC3c2cccs2)cc1. The van der Waals surface area contributed by atoms with Gasteiger partial charge in [-0.1, -0.05) is 63.8 Å². The Balaban J connectivity index is 1.65. The van der Waals surface area contributed by atoms with Crippen molar-refractivity contribution in [3.63, 3.8) is 0 Å². The van der Waals surface area contributed by atoms with Crippen LogP contribution in [0.25, 0.3) is 5.69 Å². The van der Waals surface area contributed by atoms with Crippen molar-refractivity contribution < 1.29 is 9.59 Å². The number of aryl methyl sites for hydroxylation is 1. The third-order valence-electron chi connectivity index (χ3n) is 7.15. The summed E-state index contributed by atoms with van der Waals surface area (Å²) in [7, 11) is 0. The summed E-state index contributed by atoms with van der Waals surface area (Å²) in [5.41, 5.74) is 3.79. The average molecular weight is 537 g/mol. The van der Waals surface area contributed by atoms with Crippen LogP contribution in [0.5, 0.6) is 0 Å². The fourth-order valence-electron chi connectivity index (χ4n) is 5.27. The third kappa shape index (κ3) is 5.50. The molecule has 37 heavy (non-hydrogen) atoms. The molecule has 0 bridgehead atoms. The Bertz CT molecular complexity index is 1250. The molecular weight excluding hydrogens is 500 g/mol. The Morgan fingerprint density at radius 1 is 1.11 bits per heavy atom. The molecule has 3 heterocycles. The maximum absolute atomic E-state index is 13.7. The number of carbonyl (C=O) groups is 2. The summed E-state index contributed by atoms with van der Waals surface area (Å²) in [6.45, 7) is 8.55. The molecule has 196 valence electrons. The number of fused-ring (bicyclic) bond motifs is 1. The Hall–Kier alpha value is -2.58. The van der Waals surface area contributed by atoms with Gasteiger partial charge in [0.1, 0.15) is 12.4 Å². The van der Waals surface area contributed by atoms with Crippen molar-refractivity contribution in [1.82, 2.24) is 15.1 Å². The van der Waals surface area contributed by atoms with Crippen molar-refractivity contribution in [3.8, 4) is 5.69 Å². The number of nitrogens with one attached hydrogen (secondary N) is 1. The van der Waals surface area contributed by atoms with Crippen LogP contribution >= 0.6 is 23.1 Å². The van der Waals surface area contributed by atoms with Gasteiger partial charge in [-0.25, -0.2) is 4.68 Å². The van der Waals surface area contributed by atoms with E-state index in [9.17, 15) is 9.59 Å². The highest BCUT2D eigenvalue weighted by Gasteiger charge is 2.40. The molecule has 0 spiro atoms. The Morgan fingerprint density at radius 3 is 2.49 bits per heavy atom. The minimum Gasteiger partial charge on any atom is -0.352 e. The lowest BCUT2D eigenvalue weighted by molar-refractivity contribution is -0.123. The molecule has 1 saturated carbocycles. The van der Waals surface area contributed by atoms with E-state index in [0.717, 1.165) is 54.0 Å². The van der Waals surface area contributed by atoms with Crippen molar-refractivity contribution in [2.24, 2.45) is 0 Å². The molecule has 2 aromatic heterocycles. The van der Waals surface area contributed by atoms with E-state index in [1.54, 1.807) is 28.0 Å². The molecule has 0 radical (unpaired) electrons. The molecule has 1 unspecified atom stereocenters. The zero-order valence-corrected chi connectivity index (χ0v) is 23.8. The van der Waals surface area contributed by atoms with Gasteiger partial charge in [0.15, 0.2) is 0 Å². The third-order valence-corrected chi connectivity index (χ3v) is 9.47. The summed E-state index contributed by atoms with van der Waals surface area (Å²) in [6.07, 6.45) is 5.54. The van der Waals surface area contributed by atoms with Crippen LogP contribution in [0.15, 0.2) is 41.8 Å². The maximum atomic E-state index is 13.7. The van der Waals surface area contributed by atoms with E-state index in [0.29, 0.717) is 5.75 Å². The molecule has 3 aromatic rings. The lowest BCUT2D eigenvalue weighted by Crippen LogP contribution is -2.46. The second kappa shape index (κ2) is 10.7.